The lowest BCUT2D eigenvalue weighted by Crippen LogP contribution is -2.38. The third-order valence-electron chi connectivity index (χ3n) is 3.79. The summed E-state index contributed by atoms with van der Waals surface area (Å²) in [6.45, 7) is 10.7. The molecule has 1 aromatic carbocycles. The zero-order valence-electron chi connectivity index (χ0n) is 14.8. The monoisotopic (exact) mass is 358 g/mol. The molecule has 1 amide bonds. The van der Waals surface area contributed by atoms with Crippen LogP contribution in [0.5, 0.6) is 0 Å². The Kier molecular flexibility index (Phi) is 12.3. The summed E-state index contributed by atoms with van der Waals surface area (Å²) in [6, 6.07) is 8.61. The lowest BCUT2D eigenvalue weighted by molar-refractivity contribution is -0.122. The number of amides is 1. The van der Waals surface area contributed by atoms with Crippen molar-refractivity contribution < 1.29 is 4.79 Å². The standard InChI is InChI=1S/C18H30N2OS.ClH/c1-5-8-13-22-17-11-9-16(10-12-17)15(4)19-18(21)14-20(6-2)7-3;/h9-12,15H,5-8,13-14H2,1-4H3,(H,19,21);1H. The van der Waals surface area contributed by atoms with E-state index in [0.29, 0.717) is 6.54 Å². The molecule has 0 aliphatic heterocycles. The average molecular weight is 359 g/mol. The lowest BCUT2D eigenvalue weighted by atomic mass is 10.1. The van der Waals surface area contributed by atoms with Crippen LogP contribution in [0, 0.1) is 0 Å². The van der Waals surface area contributed by atoms with E-state index in [1.54, 1.807) is 0 Å². The van der Waals surface area contributed by atoms with Crippen LogP contribution < -0.4 is 5.32 Å². The summed E-state index contributed by atoms with van der Waals surface area (Å²) < 4.78 is 0. The van der Waals surface area contributed by atoms with Crippen LogP contribution in [0.25, 0.3) is 0 Å². The van der Waals surface area contributed by atoms with Crippen LogP contribution in [0.15, 0.2) is 29.2 Å². The molecule has 5 heteroatoms. The van der Waals surface area contributed by atoms with Crippen molar-refractivity contribution in [3.05, 3.63) is 29.8 Å². The molecule has 0 fully saturated rings. The molecule has 132 valence electrons. The Labute approximate surface area is 152 Å². The van der Waals surface area contributed by atoms with Gasteiger partial charge in [0.05, 0.1) is 12.6 Å². The van der Waals surface area contributed by atoms with E-state index >= 15 is 0 Å². The Morgan fingerprint density at radius 1 is 1.17 bits per heavy atom. The van der Waals surface area contributed by atoms with Crippen LogP contribution in [-0.4, -0.2) is 36.2 Å². The first kappa shape index (κ1) is 22.3. The molecule has 23 heavy (non-hydrogen) atoms. The van der Waals surface area contributed by atoms with Gasteiger partial charge in [-0.1, -0.05) is 39.3 Å². The van der Waals surface area contributed by atoms with Crippen molar-refractivity contribution in [3.63, 3.8) is 0 Å². The molecule has 1 unspecified atom stereocenters. The number of likely N-dealkylation sites (N-methyl/N-ethyl adjacent to an activating group) is 1. The van der Waals surface area contributed by atoms with E-state index in [1.807, 2.05) is 18.7 Å². The Morgan fingerprint density at radius 3 is 2.30 bits per heavy atom. The van der Waals surface area contributed by atoms with Crippen LogP contribution >= 0.6 is 24.2 Å². The van der Waals surface area contributed by atoms with Gasteiger partial charge >= 0.3 is 0 Å². The summed E-state index contributed by atoms with van der Waals surface area (Å²) >= 11 is 1.90. The Balaban J connectivity index is 0.00000484. The Bertz CT molecular complexity index is 435. The zero-order chi connectivity index (χ0) is 16.4. The highest BCUT2D eigenvalue weighted by molar-refractivity contribution is 7.99. The Morgan fingerprint density at radius 2 is 1.78 bits per heavy atom. The molecule has 1 atom stereocenters. The number of nitrogens with zero attached hydrogens (tertiary/aromatic N) is 1. The number of nitrogens with one attached hydrogen (secondary N) is 1. The highest BCUT2D eigenvalue weighted by atomic mass is 35.5. The maximum Gasteiger partial charge on any atom is 0.234 e. The molecule has 0 aromatic heterocycles. The van der Waals surface area contributed by atoms with Gasteiger partial charge in [-0.2, -0.15) is 0 Å². The molecular weight excluding hydrogens is 328 g/mol. The van der Waals surface area contributed by atoms with Gasteiger partial charge < -0.3 is 5.32 Å². The van der Waals surface area contributed by atoms with E-state index in [0.717, 1.165) is 18.7 Å². The number of hydrogen-bond donors (Lipinski definition) is 1. The third-order valence-corrected chi connectivity index (χ3v) is 4.88. The van der Waals surface area contributed by atoms with Crippen molar-refractivity contribution >= 4 is 30.1 Å². The van der Waals surface area contributed by atoms with Gasteiger partial charge in [-0.15, -0.1) is 24.2 Å². The number of benzene rings is 1. The molecule has 0 spiro atoms. The van der Waals surface area contributed by atoms with Gasteiger partial charge in [-0.3, -0.25) is 9.69 Å². The molecule has 1 rings (SSSR count). The van der Waals surface area contributed by atoms with Crippen molar-refractivity contribution in [3.8, 4) is 0 Å². The van der Waals surface area contributed by atoms with Crippen molar-refractivity contribution in [1.82, 2.24) is 10.2 Å². The van der Waals surface area contributed by atoms with Gasteiger partial charge in [-0.25, -0.2) is 0 Å². The number of carbonyl (C=O) groups is 1. The fourth-order valence-corrected chi connectivity index (χ4v) is 3.21. The minimum atomic E-state index is 0. The number of halogens is 1. The van der Waals surface area contributed by atoms with Gasteiger partial charge in [-0.05, 0) is 49.9 Å². The van der Waals surface area contributed by atoms with E-state index < -0.39 is 0 Å². The first-order valence-corrected chi connectivity index (χ1v) is 9.33. The summed E-state index contributed by atoms with van der Waals surface area (Å²) in [7, 11) is 0. The number of thioether (sulfide) groups is 1. The lowest BCUT2D eigenvalue weighted by Gasteiger charge is -2.20. The number of carbonyl (C=O) groups excluding carboxylic acids is 1. The fraction of sp³-hybridized carbons (Fsp3) is 0.611. The maximum absolute atomic E-state index is 12.0. The molecule has 0 saturated carbocycles. The maximum atomic E-state index is 12.0. The molecule has 0 aliphatic carbocycles. The predicted molar refractivity (Wildman–Crippen MR) is 104 cm³/mol. The highest BCUT2D eigenvalue weighted by Gasteiger charge is 2.12. The number of unbranched alkanes of at least 4 members (excludes halogenated alkanes) is 1. The first-order chi connectivity index (χ1) is 10.6. The first-order valence-electron chi connectivity index (χ1n) is 8.35. The van der Waals surface area contributed by atoms with Crippen LogP contribution in [0.1, 0.15) is 52.1 Å². The molecule has 0 radical (unpaired) electrons. The summed E-state index contributed by atoms with van der Waals surface area (Å²) in [6.07, 6.45) is 2.49. The van der Waals surface area contributed by atoms with Crippen LogP contribution in [0.4, 0.5) is 0 Å². The van der Waals surface area contributed by atoms with Gasteiger partial charge in [0.25, 0.3) is 0 Å². The van der Waals surface area contributed by atoms with Crippen molar-refractivity contribution in [2.45, 2.75) is 51.5 Å². The second-order valence-corrected chi connectivity index (χ2v) is 6.69. The number of hydrogen-bond acceptors (Lipinski definition) is 3. The van der Waals surface area contributed by atoms with Crippen molar-refractivity contribution in [1.29, 1.82) is 0 Å². The molecule has 1 N–H and O–H groups in total. The summed E-state index contributed by atoms with van der Waals surface area (Å²) in [4.78, 5) is 15.5. The fourth-order valence-electron chi connectivity index (χ4n) is 2.21. The largest absolute Gasteiger partial charge is 0.348 e. The summed E-state index contributed by atoms with van der Waals surface area (Å²) in [5.74, 6) is 1.27. The molecule has 0 bridgehead atoms. The highest BCUT2D eigenvalue weighted by Crippen LogP contribution is 2.22. The van der Waals surface area contributed by atoms with Crippen molar-refractivity contribution in [2.75, 3.05) is 25.4 Å². The predicted octanol–water partition coefficient (Wildman–Crippen LogP) is 4.52. The molecule has 1 aromatic rings. The smallest absolute Gasteiger partial charge is 0.234 e. The van der Waals surface area contributed by atoms with E-state index in [1.165, 1.54) is 23.5 Å². The normalized spacial score (nSPS) is 11.9. The molecular formula is C18H31ClN2OS. The van der Waals surface area contributed by atoms with Gasteiger partial charge in [0, 0.05) is 4.90 Å². The third kappa shape index (κ3) is 8.63. The van der Waals surface area contributed by atoms with E-state index in [4.69, 9.17) is 0 Å². The second-order valence-electron chi connectivity index (χ2n) is 5.52. The molecule has 0 aliphatic rings. The number of rotatable bonds is 10. The van der Waals surface area contributed by atoms with Gasteiger partial charge in [0.2, 0.25) is 5.91 Å². The molecule has 3 nitrogen and oxygen atoms in total. The summed E-state index contributed by atoms with van der Waals surface area (Å²) in [5, 5.41) is 3.08. The minimum Gasteiger partial charge on any atom is -0.348 e. The zero-order valence-corrected chi connectivity index (χ0v) is 16.4. The van der Waals surface area contributed by atoms with Crippen LogP contribution in [0.3, 0.4) is 0 Å². The second kappa shape index (κ2) is 12.7. The minimum absolute atomic E-state index is 0. The van der Waals surface area contributed by atoms with E-state index in [-0.39, 0.29) is 24.4 Å². The summed E-state index contributed by atoms with van der Waals surface area (Å²) in [5.41, 5.74) is 1.16. The van der Waals surface area contributed by atoms with Gasteiger partial charge in [0.1, 0.15) is 0 Å². The van der Waals surface area contributed by atoms with Gasteiger partial charge in [0.15, 0.2) is 0 Å². The molecule has 0 saturated heterocycles. The Hall–Kier alpha value is -0.710. The van der Waals surface area contributed by atoms with Crippen LogP contribution in [-0.2, 0) is 4.79 Å². The topological polar surface area (TPSA) is 32.3 Å². The van der Waals surface area contributed by atoms with E-state index in [2.05, 4.69) is 55.3 Å². The SMILES string of the molecule is CCCCSc1ccc(C(C)NC(=O)CN(CC)CC)cc1.Cl. The van der Waals surface area contributed by atoms with Crippen molar-refractivity contribution in [2.24, 2.45) is 0 Å². The molecule has 0 heterocycles. The van der Waals surface area contributed by atoms with E-state index in [9.17, 15) is 4.79 Å². The van der Waals surface area contributed by atoms with Crippen LogP contribution in [0.2, 0.25) is 0 Å². The average Bonchev–Trinajstić information content (AvgIpc) is 2.53. The quantitative estimate of drug-likeness (QED) is 0.493.